The van der Waals surface area contributed by atoms with Crippen molar-refractivity contribution in [3.05, 3.63) is 22.8 Å². The Hall–Kier alpha value is -0.660. The highest BCUT2D eigenvalue weighted by Crippen LogP contribution is 2.41. The maximum atomic E-state index is 13.8. The molecule has 0 nitrogen and oxygen atoms in total. The van der Waals surface area contributed by atoms with Crippen LogP contribution >= 0.6 is 0 Å². The molecule has 16 heavy (non-hydrogen) atoms. The van der Waals surface area contributed by atoms with Gasteiger partial charge in [0, 0.05) is 12.8 Å². The molecule has 2 aliphatic rings. The standard InChI is InChI=1S/C14H20F2/c1-9-3-5-11(13(15)7-9)12-6-4-10(2)8-14(12)16/h9-10H,3-8H2,1-2H3. The molecule has 2 heteroatoms. The third-order valence-corrected chi connectivity index (χ3v) is 3.85. The fraction of sp³-hybridized carbons (Fsp3) is 0.714. The van der Waals surface area contributed by atoms with Gasteiger partial charge in [0.25, 0.3) is 0 Å². The van der Waals surface area contributed by atoms with E-state index in [2.05, 4.69) is 13.8 Å². The van der Waals surface area contributed by atoms with Gasteiger partial charge < -0.3 is 0 Å². The summed E-state index contributed by atoms with van der Waals surface area (Å²) in [5, 5.41) is 0. The smallest absolute Gasteiger partial charge is 0.104 e. The van der Waals surface area contributed by atoms with Gasteiger partial charge in [0.1, 0.15) is 11.7 Å². The molecule has 0 amide bonds. The Morgan fingerprint density at radius 3 is 1.50 bits per heavy atom. The highest BCUT2D eigenvalue weighted by molar-refractivity contribution is 5.37. The van der Waals surface area contributed by atoms with E-state index < -0.39 is 0 Å². The molecular formula is C14H20F2. The van der Waals surface area contributed by atoms with Crippen LogP contribution in [0.5, 0.6) is 0 Å². The van der Waals surface area contributed by atoms with Crippen LogP contribution in [0.15, 0.2) is 22.8 Å². The number of hydrogen-bond donors (Lipinski definition) is 0. The van der Waals surface area contributed by atoms with Gasteiger partial charge in [-0.25, -0.2) is 8.78 Å². The van der Waals surface area contributed by atoms with E-state index in [1.54, 1.807) is 0 Å². The van der Waals surface area contributed by atoms with Crippen molar-refractivity contribution in [2.45, 2.75) is 52.4 Å². The zero-order valence-electron chi connectivity index (χ0n) is 10.2. The van der Waals surface area contributed by atoms with Gasteiger partial charge in [-0.05, 0) is 48.7 Å². The fourth-order valence-electron chi connectivity index (χ4n) is 2.74. The summed E-state index contributed by atoms with van der Waals surface area (Å²) in [5.41, 5.74) is 1.39. The minimum Gasteiger partial charge on any atom is -0.212 e. The second-order valence-corrected chi connectivity index (χ2v) is 5.46. The third-order valence-electron chi connectivity index (χ3n) is 3.85. The Bertz CT molecular complexity index is 305. The molecule has 0 aromatic carbocycles. The first-order chi connectivity index (χ1) is 7.58. The molecule has 0 saturated heterocycles. The molecule has 0 aromatic rings. The summed E-state index contributed by atoms with van der Waals surface area (Å²) in [6, 6.07) is 0. The predicted octanol–water partition coefficient (Wildman–Crippen LogP) is 5.07. The molecule has 0 spiro atoms. The monoisotopic (exact) mass is 226 g/mol. The normalized spacial score (nSPS) is 32.2. The lowest BCUT2D eigenvalue weighted by Gasteiger charge is -2.26. The van der Waals surface area contributed by atoms with Gasteiger partial charge in [-0.1, -0.05) is 13.8 Å². The molecule has 0 aliphatic heterocycles. The first-order valence-electron chi connectivity index (χ1n) is 6.33. The van der Waals surface area contributed by atoms with Gasteiger partial charge in [-0.15, -0.1) is 0 Å². The minimum absolute atomic E-state index is 0.0570. The van der Waals surface area contributed by atoms with E-state index in [1.165, 1.54) is 0 Å². The Morgan fingerprint density at radius 1 is 0.812 bits per heavy atom. The van der Waals surface area contributed by atoms with Crippen molar-refractivity contribution in [2.24, 2.45) is 11.8 Å². The topological polar surface area (TPSA) is 0 Å². The second kappa shape index (κ2) is 4.68. The molecule has 2 atom stereocenters. The van der Waals surface area contributed by atoms with Crippen LogP contribution in [0.3, 0.4) is 0 Å². The molecule has 0 fully saturated rings. The van der Waals surface area contributed by atoms with Crippen LogP contribution in [-0.4, -0.2) is 0 Å². The zero-order chi connectivity index (χ0) is 11.7. The molecule has 0 N–H and O–H groups in total. The lowest BCUT2D eigenvalue weighted by atomic mass is 9.80. The van der Waals surface area contributed by atoms with Crippen molar-refractivity contribution < 1.29 is 8.78 Å². The molecule has 0 bridgehead atoms. The molecular weight excluding hydrogens is 206 g/mol. The SMILES string of the molecule is CC1CCC(C2=C(F)CC(C)CC2)=C(F)C1. The van der Waals surface area contributed by atoms with Crippen molar-refractivity contribution >= 4 is 0 Å². The van der Waals surface area contributed by atoms with E-state index in [9.17, 15) is 8.78 Å². The van der Waals surface area contributed by atoms with Crippen molar-refractivity contribution in [3.8, 4) is 0 Å². The Kier molecular flexibility index (Phi) is 3.46. The second-order valence-electron chi connectivity index (χ2n) is 5.46. The van der Waals surface area contributed by atoms with E-state index in [4.69, 9.17) is 0 Å². The van der Waals surface area contributed by atoms with Crippen molar-refractivity contribution in [1.29, 1.82) is 0 Å². The largest absolute Gasteiger partial charge is 0.212 e. The van der Waals surface area contributed by atoms with Crippen LogP contribution in [0.2, 0.25) is 0 Å². The third kappa shape index (κ3) is 2.36. The predicted molar refractivity (Wildman–Crippen MR) is 62.3 cm³/mol. The summed E-state index contributed by atoms with van der Waals surface area (Å²) in [4.78, 5) is 0. The highest BCUT2D eigenvalue weighted by Gasteiger charge is 2.26. The molecule has 2 unspecified atom stereocenters. The Morgan fingerprint density at radius 2 is 1.19 bits per heavy atom. The van der Waals surface area contributed by atoms with Gasteiger partial charge in [0.05, 0.1) is 0 Å². The highest BCUT2D eigenvalue weighted by atomic mass is 19.1. The van der Waals surface area contributed by atoms with Crippen LogP contribution in [0.1, 0.15) is 52.4 Å². The van der Waals surface area contributed by atoms with E-state index in [0.29, 0.717) is 35.8 Å². The lowest BCUT2D eigenvalue weighted by Crippen LogP contribution is -2.12. The summed E-state index contributed by atoms with van der Waals surface area (Å²) < 4.78 is 27.7. The first-order valence-corrected chi connectivity index (χ1v) is 6.33. The van der Waals surface area contributed by atoms with Crippen LogP contribution in [-0.2, 0) is 0 Å². The van der Waals surface area contributed by atoms with Gasteiger partial charge in [0.2, 0.25) is 0 Å². The van der Waals surface area contributed by atoms with Crippen LogP contribution in [0.4, 0.5) is 8.78 Å². The van der Waals surface area contributed by atoms with E-state index in [0.717, 1.165) is 25.7 Å². The lowest BCUT2D eigenvalue weighted by molar-refractivity contribution is 0.398. The quantitative estimate of drug-likeness (QED) is 0.585. The average Bonchev–Trinajstić information content (AvgIpc) is 2.19. The fourth-order valence-corrected chi connectivity index (χ4v) is 2.74. The van der Waals surface area contributed by atoms with E-state index in [1.807, 2.05) is 0 Å². The summed E-state index contributed by atoms with van der Waals surface area (Å²) in [5.74, 6) is 0.710. The molecule has 0 heterocycles. The summed E-state index contributed by atoms with van der Waals surface area (Å²) >= 11 is 0. The van der Waals surface area contributed by atoms with Crippen molar-refractivity contribution in [1.82, 2.24) is 0 Å². The zero-order valence-corrected chi connectivity index (χ0v) is 10.2. The van der Waals surface area contributed by atoms with Gasteiger partial charge in [-0.3, -0.25) is 0 Å². The van der Waals surface area contributed by atoms with Crippen LogP contribution in [0, 0.1) is 11.8 Å². The van der Waals surface area contributed by atoms with Crippen LogP contribution in [0.25, 0.3) is 0 Å². The Balaban J connectivity index is 2.24. The maximum Gasteiger partial charge on any atom is 0.104 e. The summed E-state index contributed by atoms with van der Waals surface area (Å²) in [6.07, 6.45) is 4.45. The Labute approximate surface area is 96.4 Å². The van der Waals surface area contributed by atoms with E-state index in [-0.39, 0.29) is 11.7 Å². The molecule has 0 radical (unpaired) electrons. The number of allylic oxidation sites excluding steroid dienone is 4. The number of hydrogen-bond acceptors (Lipinski definition) is 0. The van der Waals surface area contributed by atoms with Crippen LogP contribution < -0.4 is 0 Å². The van der Waals surface area contributed by atoms with Gasteiger partial charge >= 0.3 is 0 Å². The summed E-state index contributed by atoms with van der Waals surface area (Å²) in [6.45, 7) is 4.12. The number of halogens is 2. The van der Waals surface area contributed by atoms with Gasteiger partial charge in [0.15, 0.2) is 0 Å². The van der Waals surface area contributed by atoms with Gasteiger partial charge in [-0.2, -0.15) is 0 Å². The molecule has 2 aliphatic carbocycles. The molecule has 2 rings (SSSR count). The van der Waals surface area contributed by atoms with Crippen molar-refractivity contribution in [2.75, 3.05) is 0 Å². The van der Waals surface area contributed by atoms with E-state index >= 15 is 0 Å². The number of rotatable bonds is 1. The minimum atomic E-state index is -0.0570. The summed E-state index contributed by atoms with van der Waals surface area (Å²) in [7, 11) is 0. The first kappa shape index (κ1) is 11.8. The maximum absolute atomic E-state index is 13.8. The van der Waals surface area contributed by atoms with Crippen molar-refractivity contribution in [3.63, 3.8) is 0 Å². The molecule has 90 valence electrons. The molecule has 0 aromatic heterocycles. The molecule has 0 saturated carbocycles. The average molecular weight is 226 g/mol.